The van der Waals surface area contributed by atoms with Crippen LogP contribution in [-0.2, 0) is 0 Å². The first-order valence-electron chi connectivity index (χ1n) is 9.05. The van der Waals surface area contributed by atoms with Gasteiger partial charge in [-0.3, -0.25) is 5.10 Å². The summed E-state index contributed by atoms with van der Waals surface area (Å²) in [5.41, 5.74) is 5.03. The van der Waals surface area contributed by atoms with E-state index in [1.54, 1.807) is 0 Å². The number of fused-ring (bicyclic) bond motifs is 1. The molecule has 7 heteroatoms. The summed E-state index contributed by atoms with van der Waals surface area (Å²) < 4.78 is 1.81. The number of nitrogens with zero attached hydrogens (tertiary/aromatic N) is 4. The molecule has 1 fully saturated rings. The first-order chi connectivity index (χ1) is 12.9. The average molecular weight is 381 g/mol. The van der Waals surface area contributed by atoms with Crippen LogP contribution in [0, 0.1) is 0 Å². The number of benzene rings is 2. The fourth-order valence-corrected chi connectivity index (χ4v) is 3.71. The van der Waals surface area contributed by atoms with E-state index >= 15 is 0 Å². The second kappa shape index (κ2) is 7.50. The minimum atomic E-state index is 0. The van der Waals surface area contributed by atoms with Gasteiger partial charge in [-0.05, 0) is 55.6 Å². The van der Waals surface area contributed by atoms with Crippen molar-refractivity contribution in [2.45, 2.75) is 18.8 Å². The van der Waals surface area contributed by atoms with Crippen LogP contribution in [0.25, 0.3) is 28.0 Å². The summed E-state index contributed by atoms with van der Waals surface area (Å²) in [6, 6.07) is 16.7. The Morgan fingerprint density at radius 1 is 0.963 bits per heavy atom. The Kier molecular flexibility index (Phi) is 4.92. The lowest BCUT2D eigenvalue weighted by molar-refractivity contribution is 0.460. The van der Waals surface area contributed by atoms with E-state index in [4.69, 9.17) is 0 Å². The number of rotatable bonds is 3. The number of piperidine rings is 1. The molecular formula is C20H21ClN6. The summed E-state index contributed by atoms with van der Waals surface area (Å²) in [4.78, 5) is 0. The van der Waals surface area contributed by atoms with Crippen molar-refractivity contribution < 1.29 is 0 Å². The molecular weight excluding hydrogens is 360 g/mol. The molecule has 1 saturated heterocycles. The van der Waals surface area contributed by atoms with E-state index in [2.05, 4.69) is 50.1 Å². The zero-order valence-corrected chi connectivity index (χ0v) is 15.6. The molecule has 2 aromatic carbocycles. The van der Waals surface area contributed by atoms with Crippen molar-refractivity contribution in [2.24, 2.45) is 0 Å². The molecule has 4 aromatic rings. The molecule has 0 atom stereocenters. The van der Waals surface area contributed by atoms with Crippen molar-refractivity contribution >= 4 is 23.3 Å². The predicted molar refractivity (Wildman–Crippen MR) is 109 cm³/mol. The molecule has 0 unspecified atom stereocenters. The Bertz CT molecular complexity index is 1030. The highest BCUT2D eigenvalue weighted by molar-refractivity contribution is 5.91. The van der Waals surface area contributed by atoms with Gasteiger partial charge in [0.1, 0.15) is 11.4 Å². The predicted octanol–water partition coefficient (Wildman–Crippen LogP) is 3.70. The molecule has 2 N–H and O–H groups in total. The summed E-state index contributed by atoms with van der Waals surface area (Å²) in [6.07, 6.45) is 4.35. The Labute approximate surface area is 163 Å². The normalized spacial score (nSPS) is 15.0. The molecule has 27 heavy (non-hydrogen) atoms. The summed E-state index contributed by atoms with van der Waals surface area (Å²) in [5.74, 6) is 0.659. The van der Waals surface area contributed by atoms with Gasteiger partial charge >= 0.3 is 0 Å². The largest absolute Gasteiger partial charge is 0.317 e. The molecule has 5 rings (SSSR count). The van der Waals surface area contributed by atoms with Crippen LogP contribution in [0.3, 0.4) is 0 Å². The van der Waals surface area contributed by atoms with Crippen molar-refractivity contribution in [3.8, 4) is 17.1 Å². The zero-order chi connectivity index (χ0) is 17.3. The number of H-pyrrole nitrogens is 1. The van der Waals surface area contributed by atoms with E-state index in [9.17, 15) is 0 Å². The van der Waals surface area contributed by atoms with Gasteiger partial charge in [0, 0.05) is 5.39 Å². The maximum Gasteiger partial charge on any atom is 0.134 e. The zero-order valence-electron chi connectivity index (χ0n) is 14.8. The van der Waals surface area contributed by atoms with Crippen LogP contribution in [0.2, 0.25) is 0 Å². The third-order valence-electron chi connectivity index (χ3n) is 5.17. The highest BCUT2D eigenvalue weighted by Gasteiger charge is 2.16. The molecule has 0 aliphatic carbocycles. The molecule has 1 aliphatic rings. The minimum Gasteiger partial charge on any atom is -0.317 e. The number of nitrogens with one attached hydrogen (secondary N) is 2. The van der Waals surface area contributed by atoms with Gasteiger partial charge in [-0.15, -0.1) is 17.5 Å². The molecule has 138 valence electrons. The first-order valence-corrected chi connectivity index (χ1v) is 9.05. The van der Waals surface area contributed by atoms with Crippen LogP contribution in [-0.4, -0.2) is 38.3 Å². The van der Waals surface area contributed by atoms with Gasteiger partial charge in [0.05, 0.1) is 17.4 Å². The monoisotopic (exact) mass is 380 g/mol. The van der Waals surface area contributed by atoms with E-state index in [-0.39, 0.29) is 12.4 Å². The van der Waals surface area contributed by atoms with Gasteiger partial charge in [-0.25, -0.2) is 4.68 Å². The minimum absolute atomic E-state index is 0. The third kappa shape index (κ3) is 3.34. The van der Waals surface area contributed by atoms with E-state index in [0.717, 1.165) is 41.1 Å². The number of halogens is 1. The standard InChI is InChI=1S/C20H20N6.ClH/c1-2-4-18-17(3-1)20(24-22-18)19-13-26(25-23-19)16-7-5-14(6-8-16)15-9-11-21-12-10-15;/h1-8,13,15,21H,9-12H2,(H,22,24);1H. The van der Waals surface area contributed by atoms with Crippen LogP contribution in [0.15, 0.2) is 54.7 Å². The molecule has 1 aliphatic heterocycles. The van der Waals surface area contributed by atoms with Gasteiger partial charge in [0.2, 0.25) is 0 Å². The van der Waals surface area contributed by atoms with Gasteiger partial charge in [-0.1, -0.05) is 35.5 Å². The average Bonchev–Trinajstić information content (AvgIpc) is 3.36. The quantitative estimate of drug-likeness (QED) is 0.568. The lowest BCUT2D eigenvalue weighted by Crippen LogP contribution is -2.26. The molecule has 3 heterocycles. The fraction of sp³-hybridized carbons (Fsp3) is 0.250. The molecule has 0 spiro atoms. The van der Waals surface area contributed by atoms with Gasteiger partial charge in [0.25, 0.3) is 0 Å². The first kappa shape index (κ1) is 17.7. The van der Waals surface area contributed by atoms with Crippen LogP contribution in [0.4, 0.5) is 0 Å². The Morgan fingerprint density at radius 3 is 2.56 bits per heavy atom. The number of para-hydroxylation sites is 1. The summed E-state index contributed by atoms with van der Waals surface area (Å²) in [7, 11) is 0. The molecule has 0 radical (unpaired) electrons. The van der Waals surface area contributed by atoms with Crippen molar-refractivity contribution in [1.82, 2.24) is 30.5 Å². The highest BCUT2D eigenvalue weighted by atomic mass is 35.5. The smallest absolute Gasteiger partial charge is 0.134 e. The van der Waals surface area contributed by atoms with Gasteiger partial charge in [-0.2, -0.15) is 5.10 Å². The Balaban J connectivity index is 0.00000180. The Morgan fingerprint density at radius 2 is 1.74 bits per heavy atom. The number of aromatic amines is 1. The molecule has 0 saturated carbocycles. The highest BCUT2D eigenvalue weighted by Crippen LogP contribution is 2.27. The van der Waals surface area contributed by atoms with Crippen LogP contribution >= 0.6 is 12.4 Å². The lowest BCUT2D eigenvalue weighted by Gasteiger charge is -2.23. The van der Waals surface area contributed by atoms with Gasteiger partial charge in [0.15, 0.2) is 0 Å². The topological polar surface area (TPSA) is 71.4 Å². The van der Waals surface area contributed by atoms with E-state index in [0.29, 0.717) is 5.92 Å². The molecule has 6 nitrogen and oxygen atoms in total. The number of hydrogen-bond acceptors (Lipinski definition) is 4. The fourth-order valence-electron chi connectivity index (χ4n) is 3.71. The second-order valence-electron chi connectivity index (χ2n) is 6.78. The van der Waals surface area contributed by atoms with Crippen molar-refractivity contribution in [1.29, 1.82) is 0 Å². The summed E-state index contributed by atoms with van der Waals surface area (Å²) in [5, 5.41) is 20.5. The summed E-state index contributed by atoms with van der Waals surface area (Å²) in [6.45, 7) is 2.22. The van der Waals surface area contributed by atoms with E-state index < -0.39 is 0 Å². The third-order valence-corrected chi connectivity index (χ3v) is 5.17. The van der Waals surface area contributed by atoms with Crippen molar-refractivity contribution in [3.05, 3.63) is 60.3 Å². The maximum absolute atomic E-state index is 4.40. The van der Waals surface area contributed by atoms with Crippen molar-refractivity contribution in [2.75, 3.05) is 13.1 Å². The van der Waals surface area contributed by atoms with Gasteiger partial charge < -0.3 is 5.32 Å². The maximum atomic E-state index is 4.40. The van der Waals surface area contributed by atoms with Crippen LogP contribution in [0.5, 0.6) is 0 Å². The van der Waals surface area contributed by atoms with Crippen molar-refractivity contribution in [3.63, 3.8) is 0 Å². The number of aromatic nitrogens is 5. The van der Waals surface area contributed by atoms with E-state index in [1.165, 1.54) is 18.4 Å². The second-order valence-corrected chi connectivity index (χ2v) is 6.78. The Hall–Kier alpha value is -2.70. The molecule has 2 aromatic heterocycles. The SMILES string of the molecule is Cl.c1ccc2c(-c3cn(-c4ccc(C5CCNCC5)cc4)nn3)n[nH]c2c1. The summed E-state index contributed by atoms with van der Waals surface area (Å²) >= 11 is 0. The van der Waals surface area contributed by atoms with E-state index in [1.807, 2.05) is 35.1 Å². The molecule has 0 amide bonds. The molecule has 0 bridgehead atoms. The number of hydrogen-bond donors (Lipinski definition) is 2. The van der Waals surface area contributed by atoms with Crippen LogP contribution in [0.1, 0.15) is 24.3 Å². The van der Waals surface area contributed by atoms with Crippen LogP contribution < -0.4 is 5.32 Å². The lowest BCUT2D eigenvalue weighted by atomic mass is 9.90.